The highest BCUT2D eigenvalue weighted by atomic mass is 32.1. The second-order valence-electron chi connectivity index (χ2n) is 18.3. The number of nitrogens with zero attached hydrogens (tertiary/aromatic N) is 9. The van der Waals surface area contributed by atoms with Crippen molar-refractivity contribution in [1.29, 1.82) is 0 Å². The predicted molar refractivity (Wildman–Crippen MR) is 242 cm³/mol. The van der Waals surface area contributed by atoms with Gasteiger partial charge < -0.3 is 24.8 Å². The van der Waals surface area contributed by atoms with Gasteiger partial charge in [-0.25, -0.2) is 22.7 Å². The summed E-state index contributed by atoms with van der Waals surface area (Å²) in [5.41, 5.74) is 2.00. The number of alkyl halides is 3. The molecule has 0 spiro atoms. The van der Waals surface area contributed by atoms with Crippen LogP contribution in [0.1, 0.15) is 110 Å². The fourth-order valence-electron chi connectivity index (χ4n) is 10.00. The number of fused-ring (bicyclic) bond motifs is 2. The first-order valence-electron chi connectivity index (χ1n) is 23.0. The lowest BCUT2D eigenvalue weighted by atomic mass is 9.85. The third-order valence-corrected chi connectivity index (χ3v) is 14.1. The van der Waals surface area contributed by atoms with Gasteiger partial charge in [0.25, 0.3) is 12.3 Å². The van der Waals surface area contributed by atoms with Crippen LogP contribution in [0.2, 0.25) is 0 Å². The molecule has 17 nitrogen and oxygen atoms in total. The molecule has 3 N–H and O–H groups in total. The van der Waals surface area contributed by atoms with Crippen LogP contribution in [-0.2, 0) is 19.1 Å². The number of carbonyl (C=O) groups is 3. The smallest absolute Gasteiger partial charge is 0.284 e. The van der Waals surface area contributed by atoms with Crippen LogP contribution in [0, 0.1) is 17.8 Å². The first kappa shape index (κ1) is 45.3. The third kappa shape index (κ3) is 9.51. The van der Waals surface area contributed by atoms with Crippen molar-refractivity contribution in [2.45, 2.75) is 99.4 Å². The van der Waals surface area contributed by atoms with E-state index >= 15 is 4.39 Å². The Morgan fingerprint density at radius 3 is 2.66 bits per heavy atom. The highest BCUT2D eigenvalue weighted by Gasteiger charge is 2.43. The van der Waals surface area contributed by atoms with Gasteiger partial charge in [0.05, 0.1) is 66.0 Å². The van der Waals surface area contributed by atoms with E-state index in [9.17, 15) is 28.3 Å². The quantitative estimate of drug-likeness (QED) is 0.0748. The van der Waals surface area contributed by atoms with E-state index < -0.39 is 35.0 Å². The molecule has 5 fully saturated rings. The Morgan fingerprint density at radius 1 is 1.07 bits per heavy atom. The fourth-order valence-corrected chi connectivity index (χ4v) is 10.4. The van der Waals surface area contributed by atoms with Gasteiger partial charge in [-0.05, 0) is 69.4 Å². The molecular formula is C46H52F3N11O6S. The molecule has 7 heterocycles. The predicted octanol–water partition coefficient (Wildman–Crippen LogP) is 4.99. The Balaban J connectivity index is 0.724. The van der Waals surface area contributed by atoms with Crippen LogP contribution in [0.25, 0.3) is 16.6 Å². The summed E-state index contributed by atoms with van der Waals surface area (Å²) in [5.74, 6) is 5.34. The van der Waals surface area contributed by atoms with E-state index in [4.69, 9.17) is 14.6 Å². The molecule has 354 valence electrons. The van der Waals surface area contributed by atoms with Gasteiger partial charge >= 0.3 is 0 Å². The third-order valence-electron chi connectivity index (χ3n) is 13.6. The molecule has 4 atom stereocenters. The maximum Gasteiger partial charge on any atom is 0.284 e. The Hall–Kier alpha value is -5.53. The van der Waals surface area contributed by atoms with E-state index in [0.29, 0.717) is 70.0 Å². The van der Waals surface area contributed by atoms with E-state index in [0.717, 1.165) is 42.1 Å². The van der Waals surface area contributed by atoms with Gasteiger partial charge in [0.15, 0.2) is 16.3 Å². The number of carbonyl (C=O) groups excluding carboxylic acids is 3. The first-order valence-corrected chi connectivity index (χ1v) is 23.5. The van der Waals surface area contributed by atoms with Crippen LogP contribution in [-0.4, -0.2) is 132 Å². The SMILES string of the molecule is O=C1CCC(c2nn(C3CC3)c3c(C#CCO[C@H]4CCN(C[C@H]5CC[C@H](n6cc(NC(=O)c7cnn8ccc(N9CCOC(CO)C9)nc78)c(C(F)F)n6)CC5)C[C@@]4(F)S)cccc23)C(=O)N1. The second-order valence-corrected chi connectivity index (χ2v) is 19.0. The Morgan fingerprint density at radius 2 is 1.90 bits per heavy atom. The lowest BCUT2D eigenvalue weighted by molar-refractivity contribution is -0.134. The highest BCUT2D eigenvalue weighted by molar-refractivity contribution is 7.81. The molecule has 10 rings (SSSR count). The Bertz CT molecular complexity index is 2740. The summed E-state index contributed by atoms with van der Waals surface area (Å²) in [4.78, 5) is 46.8. The van der Waals surface area contributed by atoms with Crippen LogP contribution in [0.15, 0.2) is 42.9 Å². The van der Waals surface area contributed by atoms with Gasteiger partial charge in [0.2, 0.25) is 11.8 Å². The molecule has 4 aromatic heterocycles. The molecule has 3 amide bonds. The van der Waals surface area contributed by atoms with Gasteiger partial charge in [-0.15, -0.1) is 12.6 Å². The number of piperidine rings is 2. The normalized spacial score (nSPS) is 26.2. The molecule has 0 radical (unpaired) electrons. The topological polar surface area (TPSA) is 186 Å². The lowest BCUT2D eigenvalue weighted by Crippen LogP contribution is -2.53. The van der Waals surface area contributed by atoms with Crippen LogP contribution in [0.5, 0.6) is 0 Å². The number of para-hydroxylation sites is 1. The molecule has 67 heavy (non-hydrogen) atoms. The number of rotatable bonds is 12. The minimum atomic E-state index is -2.93. The van der Waals surface area contributed by atoms with Crippen molar-refractivity contribution in [2.75, 3.05) is 62.8 Å². The monoisotopic (exact) mass is 943 g/mol. The number of aliphatic hydroxyl groups excluding tert-OH is 1. The summed E-state index contributed by atoms with van der Waals surface area (Å²) >= 11 is 4.43. The minimum Gasteiger partial charge on any atom is -0.394 e. The summed E-state index contributed by atoms with van der Waals surface area (Å²) in [6, 6.07) is 7.54. The summed E-state index contributed by atoms with van der Waals surface area (Å²) in [6.45, 7) is 2.60. The standard InChI is InChI=1S/C46H52F3N11O6S/c47-42(48)40-35(51-45(64)34-21-50-58-17-15-37(52-43(34)58)57-18-20-65-31(23-57)25-61)24-59(54-40)29-8-6-27(7-9-29)22-56-16-14-36(46(49,67)26-56)66-19-2-4-28-3-1-5-32-39(33-12-13-38(62)53-44(33)63)55-60(41(28)32)30-10-11-30/h1,3,5,15,17,21,24,27,29-31,33,36,42,61,67H,6-14,16,18-20,22-23,25-26H2,(H,51,64)(H,53,62,63)/t27-,29-,31?,33?,36-,46+/m0/s1. The average molecular weight is 944 g/mol. The molecule has 3 aliphatic heterocycles. The first-order chi connectivity index (χ1) is 32.4. The molecular weight excluding hydrogens is 892 g/mol. The molecule has 2 aliphatic carbocycles. The zero-order valence-corrected chi connectivity index (χ0v) is 37.6. The van der Waals surface area contributed by atoms with Crippen molar-refractivity contribution in [2.24, 2.45) is 5.92 Å². The van der Waals surface area contributed by atoms with Gasteiger partial charge in [0, 0.05) is 56.9 Å². The molecule has 5 aromatic rings. The summed E-state index contributed by atoms with van der Waals surface area (Å²) in [6.07, 6.45) is 6.40. The number of benzene rings is 1. The Labute approximate surface area is 389 Å². The molecule has 21 heteroatoms. The molecule has 3 saturated heterocycles. The van der Waals surface area contributed by atoms with E-state index in [-0.39, 0.29) is 79.0 Å². The van der Waals surface area contributed by atoms with E-state index in [1.165, 1.54) is 21.6 Å². The van der Waals surface area contributed by atoms with Gasteiger partial charge in [-0.3, -0.25) is 34.0 Å². The van der Waals surface area contributed by atoms with Crippen LogP contribution < -0.4 is 15.5 Å². The van der Waals surface area contributed by atoms with Crippen molar-refractivity contribution in [3.8, 4) is 11.8 Å². The fraction of sp³-hybridized carbons (Fsp3) is 0.543. The maximum absolute atomic E-state index is 16.1. The maximum atomic E-state index is 16.1. The number of thiol groups is 1. The second kappa shape index (κ2) is 18.9. The number of hydrogen-bond donors (Lipinski definition) is 4. The van der Waals surface area contributed by atoms with Crippen molar-refractivity contribution in [1.82, 2.24) is 44.4 Å². The van der Waals surface area contributed by atoms with Crippen molar-refractivity contribution in [3.05, 3.63) is 65.4 Å². The van der Waals surface area contributed by atoms with Gasteiger partial charge in [0.1, 0.15) is 24.1 Å². The van der Waals surface area contributed by atoms with Crippen LogP contribution in [0.3, 0.4) is 0 Å². The van der Waals surface area contributed by atoms with Crippen LogP contribution >= 0.6 is 12.6 Å². The van der Waals surface area contributed by atoms with E-state index in [1.54, 1.807) is 12.3 Å². The zero-order chi connectivity index (χ0) is 46.4. The number of ether oxygens (including phenoxy) is 2. The summed E-state index contributed by atoms with van der Waals surface area (Å²) in [5, 5.41) is 26.9. The van der Waals surface area contributed by atoms with Crippen molar-refractivity contribution >= 4 is 58.4 Å². The molecule has 0 bridgehead atoms. The summed E-state index contributed by atoms with van der Waals surface area (Å²) < 4.78 is 61.3. The zero-order valence-electron chi connectivity index (χ0n) is 36.7. The van der Waals surface area contributed by atoms with Crippen molar-refractivity contribution < 1.29 is 42.1 Å². The molecule has 2 saturated carbocycles. The van der Waals surface area contributed by atoms with Gasteiger partial charge in [-0.1, -0.05) is 24.0 Å². The number of aliphatic hydroxyl groups is 1. The lowest BCUT2D eigenvalue weighted by Gasteiger charge is -2.42. The van der Waals surface area contributed by atoms with Crippen molar-refractivity contribution in [3.63, 3.8) is 0 Å². The number of imide groups is 1. The number of aromatic nitrogens is 7. The number of halogens is 3. The average Bonchev–Trinajstić information content (AvgIpc) is 3.74. The number of anilines is 2. The number of morpholine rings is 1. The molecule has 1 aromatic carbocycles. The van der Waals surface area contributed by atoms with E-state index in [1.807, 2.05) is 27.8 Å². The number of hydrogen-bond acceptors (Lipinski definition) is 13. The largest absolute Gasteiger partial charge is 0.394 e. The van der Waals surface area contributed by atoms with E-state index in [2.05, 4.69) is 55.2 Å². The molecule has 5 aliphatic rings. The van der Waals surface area contributed by atoms with Crippen LogP contribution in [0.4, 0.5) is 24.7 Å². The number of likely N-dealkylation sites (tertiary alicyclic amines) is 1. The molecule has 2 unspecified atom stereocenters. The van der Waals surface area contributed by atoms with Gasteiger partial charge in [-0.2, -0.15) is 15.3 Å². The number of amides is 3. The number of nitrogens with one attached hydrogen (secondary N) is 2. The highest BCUT2D eigenvalue weighted by Crippen LogP contribution is 2.41. The summed E-state index contributed by atoms with van der Waals surface area (Å²) in [7, 11) is 0. The Kier molecular flexibility index (Phi) is 12.7. The minimum absolute atomic E-state index is 0.00211.